The number of likely N-dealkylation sites (tertiary alicyclic amines) is 1. The zero-order chi connectivity index (χ0) is 16.0. The highest BCUT2D eigenvalue weighted by atomic mass is 16.4. The molecule has 0 aliphatic carbocycles. The van der Waals surface area contributed by atoms with Gasteiger partial charge in [0.2, 0.25) is 5.91 Å². The van der Waals surface area contributed by atoms with Crippen LogP contribution in [0.15, 0.2) is 0 Å². The molecule has 0 radical (unpaired) electrons. The van der Waals surface area contributed by atoms with Crippen molar-refractivity contribution in [2.24, 2.45) is 11.7 Å². The molecule has 0 saturated carbocycles. The summed E-state index contributed by atoms with van der Waals surface area (Å²) in [6.07, 6.45) is 0.579. The molecular formula is C13H24N4O4. The van der Waals surface area contributed by atoms with E-state index < -0.39 is 30.4 Å². The zero-order valence-electron chi connectivity index (χ0n) is 12.5. The standard InChI is InChI=1S/C13H24N4O4/c1-8(2)17-4-3-9(7-17)6-15-13(21)16-10(12(19)20)5-11(14)18/h8-10H,3-7H2,1-2H3,(H2,14,18)(H,19,20)(H2,15,16,21)/t9?,10-/m1/s1. The van der Waals surface area contributed by atoms with Crippen molar-refractivity contribution in [3.05, 3.63) is 0 Å². The van der Waals surface area contributed by atoms with Crippen LogP contribution < -0.4 is 16.4 Å². The number of nitrogens with two attached hydrogens (primary N) is 1. The highest BCUT2D eigenvalue weighted by molar-refractivity contribution is 5.87. The molecule has 5 N–H and O–H groups in total. The van der Waals surface area contributed by atoms with Gasteiger partial charge >= 0.3 is 12.0 Å². The van der Waals surface area contributed by atoms with E-state index in [0.29, 0.717) is 18.5 Å². The summed E-state index contributed by atoms with van der Waals surface area (Å²) in [4.78, 5) is 35.6. The van der Waals surface area contributed by atoms with E-state index >= 15 is 0 Å². The van der Waals surface area contributed by atoms with Gasteiger partial charge in [-0.3, -0.25) is 4.79 Å². The van der Waals surface area contributed by atoms with Gasteiger partial charge in [0.05, 0.1) is 6.42 Å². The Hall–Kier alpha value is -1.83. The van der Waals surface area contributed by atoms with Gasteiger partial charge < -0.3 is 26.4 Å². The molecule has 1 fully saturated rings. The molecule has 1 aliphatic heterocycles. The molecule has 1 heterocycles. The Morgan fingerprint density at radius 2 is 2.05 bits per heavy atom. The molecule has 8 heteroatoms. The number of hydrogen-bond donors (Lipinski definition) is 4. The Labute approximate surface area is 124 Å². The maximum atomic E-state index is 11.7. The summed E-state index contributed by atoms with van der Waals surface area (Å²) in [5, 5.41) is 13.8. The van der Waals surface area contributed by atoms with Crippen LogP contribution in [0.25, 0.3) is 0 Å². The van der Waals surface area contributed by atoms with Crippen molar-refractivity contribution in [1.29, 1.82) is 0 Å². The van der Waals surface area contributed by atoms with Gasteiger partial charge in [0, 0.05) is 19.1 Å². The summed E-state index contributed by atoms with van der Waals surface area (Å²) in [6.45, 7) is 6.66. The van der Waals surface area contributed by atoms with Crippen LogP contribution in [-0.4, -0.2) is 59.6 Å². The third-order valence-corrected chi connectivity index (χ3v) is 3.61. The van der Waals surface area contributed by atoms with Crippen molar-refractivity contribution < 1.29 is 19.5 Å². The van der Waals surface area contributed by atoms with Crippen molar-refractivity contribution in [3.8, 4) is 0 Å². The smallest absolute Gasteiger partial charge is 0.326 e. The predicted octanol–water partition coefficient (Wildman–Crippen LogP) is -0.655. The minimum absolute atomic E-state index is 0.359. The lowest BCUT2D eigenvalue weighted by Gasteiger charge is -2.20. The van der Waals surface area contributed by atoms with Crippen molar-refractivity contribution in [3.63, 3.8) is 0 Å². The molecule has 0 aromatic heterocycles. The number of primary amides is 1. The third-order valence-electron chi connectivity index (χ3n) is 3.61. The van der Waals surface area contributed by atoms with Crippen LogP contribution in [0.3, 0.4) is 0 Å². The Morgan fingerprint density at radius 3 is 2.52 bits per heavy atom. The topological polar surface area (TPSA) is 125 Å². The molecule has 2 atom stereocenters. The maximum absolute atomic E-state index is 11.7. The molecule has 1 rings (SSSR count). The maximum Gasteiger partial charge on any atom is 0.326 e. The number of carboxylic acids is 1. The largest absolute Gasteiger partial charge is 0.480 e. The molecule has 120 valence electrons. The highest BCUT2D eigenvalue weighted by Gasteiger charge is 2.26. The van der Waals surface area contributed by atoms with Crippen LogP contribution >= 0.6 is 0 Å². The molecule has 0 aromatic carbocycles. The fraction of sp³-hybridized carbons (Fsp3) is 0.769. The van der Waals surface area contributed by atoms with Gasteiger partial charge in [0.1, 0.15) is 6.04 Å². The normalized spacial score (nSPS) is 20.2. The minimum atomic E-state index is -1.29. The van der Waals surface area contributed by atoms with Crippen molar-refractivity contribution in [1.82, 2.24) is 15.5 Å². The van der Waals surface area contributed by atoms with Gasteiger partial charge in [-0.25, -0.2) is 9.59 Å². The third kappa shape index (κ3) is 5.99. The molecule has 21 heavy (non-hydrogen) atoms. The minimum Gasteiger partial charge on any atom is -0.480 e. The van der Waals surface area contributed by atoms with Crippen molar-refractivity contribution in [2.45, 2.75) is 38.8 Å². The first kappa shape index (κ1) is 17.2. The molecule has 0 bridgehead atoms. The summed E-state index contributed by atoms with van der Waals surface area (Å²) in [5.41, 5.74) is 4.94. The first-order valence-corrected chi connectivity index (χ1v) is 7.09. The van der Waals surface area contributed by atoms with Gasteiger partial charge in [0.25, 0.3) is 0 Å². The average molecular weight is 300 g/mol. The predicted molar refractivity (Wildman–Crippen MR) is 76.6 cm³/mol. The fourth-order valence-electron chi connectivity index (χ4n) is 2.35. The van der Waals surface area contributed by atoms with Gasteiger partial charge in [-0.15, -0.1) is 0 Å². The summed E-state index contributed by atoms with van der Waals surface area (Å²) in [6, 6.07) is -1.40. The number of carboxylic acid groups (broad SMARTS) is 1. The van der Waals surface area contributed by atoms with E-state index in [1.165, 1.54) is 0 Å². The molecule has 1 saturated heterocycles. The molecule has 0 aromatic rings. The zero-order valence-corrected chi connectivity index (χ0v) is 12.5. The molecular weight excluding hydrogens is 276 g/mol. The van der Waals surface area contributed by atoms with Crippen LogP contribution in [0.2, 0.25) is 0 Å². The first-order valence-electron chi connectivity index (χ1n) is 7.09. The molecule has 3 amide bonds. The quantitative estimate of drug-likeness (QED) is 0.497. The van der Waals surface area contributed by atoms with Crippen LogP contribution in [-0.2, 0) is 9.59 Å². The number of amides is 3. The Kier molecular flexibility index (Phi) is 6.41. The van der Waals surface area contributed by atoms with Gasteiger partial charge in [-0.1, -0.05) is 0 Å². The Morgan fingerprint density at radius 1 is 1.38 bits per heavy atom. The van der Waals surface area contributed by atoms with E-state index in [1.54, 1.807) is 0 Å². The van der Waals surface area contributed by atoms with E-state index in [0.717, 1.165) is 19.5 Å². The number of rotatable bonds is 7. The lowest BCUT2D eigenvalue weighted by Crippen LogP contribution is -2.48. The van der Waals surface area contributed by atoms with Crippen molar-refractivity contribution >= 4 is 17.9 Å². The van der Waals surface area contributed by atoms with Crippen LogP contribution in [0, 0.1) is 5.92 Å². The Bertz CT molecular complexity index is 400. The van der Waals surface area contributed by atoms with Gasteiger partial charge in [-0.2, -0.15) is 0 Å². The Balaban J connectivity index is 2.33. The number of urea groups is 1. The van der Waals surface area contributed by atoms with E-state index in [1.807, 2.05) is 0 Å². The van der Waals surface area contributed by atoms with E-state index in [4.69, 9.17) is 10.8 Å². The number of carbonyl (C=O) groups is 3. The highest BCUT2D eigenvalue weighted by Crippen LogP contribution is 2.17. The van der Waals surface area contributed by atoms with Gasteiger partial charge in [0.15, 0.2) is 0 Å². The van der Waals surface area contributed by atoms with E-state index in [2.05, 4.69) is 29.4 Å². The summed E-state index contributed by atoms with van der Waals surface area (Å²) in [7, 11) is 0. The van der Waals surface area contributed by atoms with E-state index in [-0.39, 0.29) is 0 Å². The van der Waals surface area contributed by atoms with E-state index in [9.17, 15) is 14.4 Å². The molecule has 0 spiro atoms. The molecule has 1 aliphatic rings. The number of aliphatic carboxylic acids is 1. The second-order valence-electron chi connectivity index (χ2n) is 5.66. The number of nitrogens with one attached hydrogen (secondary N) is 2. The second-order valence-corrected chi connectivity index (χ2v) is 5.66. The number of carbonyl (C=O) groups excluding carboxylic acids is 2. The first-order chi connectivity index (χ1) is 9.79. The lowest BCUT2D eigenvalue weighted by atomic mass is 10.1. The van der Waals surface area contributed by atoms with Crippen molar-refractivity contribution in [2.75, 3.05) is 19.6 Å². The van der Waals surface area contributed by atoms with Crippen LogP contribution in [0.5, 0.6) is 0 Å². The van der Waals surface area contributed by atoms with Gasteiger partial charge in [-0.05, 0) is 32.7 Å². The lowest BCUT2D eigenvalue weighted by molar-refractivity contribution is -0.140. The monoisotopic (exact) mass is 300 g/mol. The number of nitrogens with zero attached hydrogens (tertiary/aromatic N) is 1. The second kappa shape index (κ2) is 7.82. The van der Waals surface area contributed by atoms with Crippen LogP contribution in [0.1, 0.15) is 26.7 Å². The fourth-order valence-corrected chi connectivity index (χ4v) is 2.35. The molecule has 8 nitrogen and oxygen atoms in total. The average Bonchev–Trinajstić information content (AvgIpc) is 2.83. The number of hydrogen-bond acceptors (Lipinski definition) is 4. The summed E-state index contributed by atoms with van der Waals surface area (Å²) < 4.78 is 0. The summed E-state index contributed by atoms with van der Waals surface area (Å²) >= 11 is 0. The molecule has 1 unspecified atom stereocenters. The SMILES string of the molecule is CC(C)N1CCC(CNC(=O)N[C@H](CC(N)=O)C(=O)O)C1. The summed E-state index contributed by atoms with van der Waals surface area (Å²) in [5.74, 6) is -1.69. The van der Waals surface area contributed by atoms with Crippen LogP contribution in [0.4, 0.5) is 4.79 Å².